The number of aromatic nitrogens is 2. The Kier molecular flexibility index (Phi) is 4.98. The van der Waals surface area contributed by atoms with E-state index in [9.17, 15) is 4.79 Å². The van der Waals surface area contributed by atoms with Crippen LogP contribution in [0.4, 0.5) is 10.5 Å². The molecule has 0 unspecified atom stereocenters. The smallest absolute Gasteiger partial charge is 0.319 e. The summed E-state index contributed by atoms with van der Waals surface area (Å²) in [5.41, 5.74) is 4.02. The molecule has 2 heterocycles. The van der Waals surface area contributed by atoms with Gasteiger partial charge in [0.05, 0.1) is 18.4 Å². The minimum absolute atomic E-state index is 0.0983. The summed E-state index contributed by atoms with van der Waals surface area (Å²) in [6.45, 7) is 9.63. The minimum atomic E-state index is -0.109. The van der Waals surface area contributed by atoms with Gasteiger partial charge in [0, 0.05) is 18.4 Å². The van der Waals surface area contributed by atoms with E-state index in [0.717, 1.165) is 17.0 Å². The molecular formula is C21H26N4O. The highest BCUT2D eigenvalue weighted by atomic mass is 16.2. The van der Waals surface area contributed by atoms with E-state index in [2.05, 4.69) is 43.2 Å². The number of benzene rings is 1. The summed E-state index contributed by atoms with van der Waals surface area (Å²) in [6.07, 6.45) is 3.79. The molecule has 5 heteroatoms. The fraction of sp³-hybridized carbons (Fsp3) is 0.333. The predicted octanol–water partition coefficient (Wildman–Crippen LogP) is 4.69. The average Bonchev–Trinajstić information content (AvgIpc) is 3.02. The average molecular weight is 350 g/mol. The summed E-state index contributed by atoms with van der Waals surface area (Å²) in [5.74, 6) is 0. The number of hydrogen-bond donors (Lipinski definition) is 1. The Morgan fingerprint density at radius 3 is 2.54 bits per heavy atom. The fourth-order valence-corrected chi connectivity index (χ4v) is 2.88. The maximum Gasteiger partial charge on any atom is 0.322 e. The molecule has 1 aromatic carbocycles. The van der Waals surface area contributed by atoms with Gasteiger partial charge in [-0.1, -0.05) is 39.0 Å². The molecule has 2 aromatic heterocycles. The number of pyridine rings is 1. The molecule has 0 bridgehead atoms. The van der Waals surface area contributed by atoms with Crippen molar-refractivity contribution >= 4 is 17.4 Å². The van der Waals surface area contributed by atoms with Crippen LogP contribution in [0, 0.1) is 0 Å². The highest BCUT2D eigenvalue weighted by Crippen LogP contribution is 2.23. The lowest BCUT2D eigenvalue weighted by Crippen LogP contribution is -2.34. The molecule has 2 amide bonds. The monoisotopic (exact) mass is 350 g/mol. The number of nitrogens with zero attached hydrogens (tertiary/aromatic N) is 3. The number of nitrogens with one attached hydrogen (secondary N) is 1. The number of hydrogen-bond acceptors (Lipinski definition) is 2. The maximum atomic E-state index is 12.7. The number of rotatable bonds is 4. The standard InChI is InChI=1S/C21H26N4O/c1-5-24(15-18-14-22-19-8-6-7-13-25(18)19)20(26)23-17-11-9-16(10-12-17)21(2,3)4/h6-14H,5,15H2,1-4H3,(H,23,26). The van der Waals surface area contributed by atoms with E-state index in [-0.39, 0.29) is 11.4 Å². The summed E-state index contributed by atoms with van der Waals surface area (Å²) in [5, 5.41) is 2.99. The van der Waals surface area contributed by atoms with Gasteiger partial charge in [-0.15, -0.1) is 0 Å². The summed E-state index contributed by atoms with van der Waals surface area (Å²) < 4.78 is 2.01. The van der Waals surface area contributed by atoms with Gasteiger partial charge in [0.1, 0.15) is 5.65 Å². The van der Waals surface area contributed by atoms with Gasteiger partial charge in [0.2, 0.25) is 0 Å². The number of urea groups is 1. The molecule has 0 aliphatic rings. The lowest BCUT2D eigenvalue weighted by atomic mass is 9.87. The molecule has 0 fully saturated rings. The normalized spacial score (nSPS) is 11.5. The van der Waals surface area contributed by atoms with E-state index in [4.69, 9.17) is 0 Å². The van der Waals surface area contributed by atoms with Crippen LogP contribution < -0.4 is 5.32 Å². The molecule has 26 heavy (non-hydrogen) atoms. The summed E-state index contributed by atoms with van der Waals surface area (Å²) in [6, 6.07) is 13.8. The summed E-state index contributed by atoms with van der Waals surface area (Å²) >= 11 is 0. The molecule has 3 rings (SSSR count). The van der Waals surface area contributed by atoms with Gasteiger partial charge in [-0.3, -0.25) is 0 Å². The molecule has 3 aromatic rings. The molecule has 0 radical (unpaired) electrons. The van der Waals surface area contributed by atoms with Crippen LogP contribution in [0.25, 0.3) is 5.65 Å². The van der Waals surface area contributed by atoms with Crippen LogP contribution in [0.2, 0.25) is 0 Å². The van der Waals surface area contributed by atoms with Crippen molar-refractivity contribution < 1.29 is 4.79 Å². The molecule has 136 valence electrons. The highest BCUT2D eigenvalue weighted by molar-refractivity contribution is 5.89. The quantitative estimate of drug-likeness (QED) is 0.742. The van der Waals surface area contributed by atoms with E-state index < -0.39 is 0 Å². The zero-order valence-corrected chi connectivity index (χ0v) is 15.9. The topological polar surface area (TPSA) is 49.6 Å². The molecule has 0 saturated heterocycles. The van der Waals surface area contributed by atoms with Crippen molar-refractivity contribution in [3.05, 3.63) is 66.1 Å². The van der Waals surface area contributed by atoms with Crippen molar-refractivity contribution in [1.29, 1.82) is 0 Å². The first kappa shape index (κ1) is 18.0. The van der Waals surface area contributed by atoms with E-state index in [0.29, 0.717) is 13.1 Å². The molecule has 5 nitrogen and oxygen atoms in total. The Bertz CT molecular complexity index is 890. The van der Waals surface area contributed by atoms with E-state index in [1.807, 2.05) is 54.0 Å². The van der Waals surface area contributed by atoms with Crippen LogP contribution in [0.3, 0.4) is 0 Å². The van der Waals surface area contributed by atoms with Crippen LogP contribution in [0.15, 0.2) is 54.9 Å². The largest absolute Gasteiger partial charge is 0.322 e. The van der Waals surface area contributed by atoms with Crippen molar-refractivity contribution in [2.24, 2.45) is 0 Å². The lowest BCUT2D eigenvalue weighted by molar-refractivity contribution is 0.211. The summed E-state index contributed by atoms with van der Waals surface area (Å²) in [4.78, 5) is 18.8. The Morgan fingerprint density at radius 1 is 1.15 bits per heavy atom. The van der Waals surface area contributed by atoms with E-state index in [1.54, 1.807) is 4.90 Å². The van der Waals surface area contributed by atoms with Gasteiger partial charge in [0.15, 0.2) is 0 Å². The second-order valence-corrected chi connectivity index (χ2v) is 7.45. The van der Waals surface area contributed by atoms with Gasteiger partial charge in [-0.25, -0.2) is 9.78 Å². The number of anilines is 1. The van der Waals surface area contributed by atoms with Crippen LogP contribution >= 0.6 is 0 Å². The van der Waals surface area contributed by atoms with Gasteiger partial charge >= 0.3 is 6.03 Å². The van der Waals surface area contributed by atoms with Crippen molar-refractivity contribution in [2.75, 3.05) is 11.9 Å². The first-order valence-corrected chi connectivity index (χ1v) is 8.96. The van der Waals surface area contributed by atoms with Gasteiger partial charge in [0.25, 0.3) is 0 Å². The number of carbonyl (C=O) groups excluding carboxylic acids is 1. The third-order valence-electron chi connectivity index (χ3n) is 4.52. The van der Waals surface area contributed by atoms with Crippen LogP contribution in [0.1, 0.15) is 39.0 Å². The number of amides is 2. The Morgan fingerprint density at radius 2 is 1.88 bits per heavy atom. The molecular weight excluding hydrogens is 324 g/mol. The first-order chi connectivity index (χ1) is 12.4. The fourth-order valence-electron chi connectivity index (χ4n) is 2.88. The molecule has 1 N–H and O–H groups in total. The Labute approximate surface area is 154 Å². The third kappa shape index (κ3) is 3.87. The van der Waals surface area contributed by atoms with Crippen molar-refractivity contribution in [3.8, 4) is 0 Å². The molecule has 0 atom stereocenters. The zero-order chi connectivity index (χ0) is 18.7. The number of imidazole rings is 1. The van der Waals surface area contributed by atoms with Crippen LogP contribution in [0.5, 0.6) is 0 Å². The van der Waals surface area contributed by atoms with E-state index >= 15 is 0 Å². The van der Waals surface area contributed by atoms with Gasteiger partial charge in [-0.05, 0) is 42.2 Å². The van der Waals surface area contributed by atoms with Gasteiger partial charge in [-0.2, -0.15) is 0 Å². The second kappa shape index (κ2) is 7.20. The zero-order valence-electron chi connectivity index (χ0n) is 15.9. The highest BCUT2D eigenvalue weighted by Gasteiger charge is 2.16. The Balaban J connectivity index is 1.71. The molecule has 0 saturated carbocycles. The SMILES string of the molecule is CCN(Cc1cnc2ccccn12)C(=O)Nc1ccc(C(C)(C)C)cc1. The second-order valence-electron chi connectivity index (χ2n) is 7.45. The van der Waals surface area contributed by atoms with Gasteiger partial charge < -0.3 is 14.6 Å². The van der Waals surface area contributed by atoms with Crippen molar-refractivity contribution in [2.45, 2.75) is 39.7 Å². The molecule has 0 spiro atoms. The predicted molar refractivity (Wildman–Crippen MR) is 105 cm³/mol. The van der Waals surface area contributed by atoms with Crippen molar-refractivity contribution in [1.82, 2.24) is 14.3 Å². The maximum absolute atomic E-state index is 12.7. The van der Waals surface area contributed by atoms with Crippen LogP contribution in [-0.2, 0) is 12.0 Å². The van der Waals surface area contributed by atoms with E-state index in [1.165, 1.54) is 5.56 Å². The Hall–Kier alpha value is -2.82. The van der Waals surface area contributed by atoms with Crippen molar-refractivity contribution in [3.63, 3.8) is 0 Å². The molecule has 0 aliphatic carbocycles. The molecule has 0 aliphatic heterocycles. The minimum Gasteiger partial charge on any atom is -0.319 e. The number of carbonyl (C=O) groups is 1. The lowest BCUT2D eigenvalue weighted by Gasteiger charge is -2.22. The third-order valence-corrected chi connectivity index (χ3v) is 4.52. The van der Waals surface area contributed by atoms with Crippen LogP contribution in [-0.4, -0.2) is 26.9 Å². The summed E-state index contributed by atoms with van der Waals surface area (Å²) in [7, 11) is 0. The first-order valence-electron chi connectivity index (χ1n) is 8.96. The number of fused-ring (bicyclic) bond motifs is 1.